The van der Waals surface area contributed by atoms with Crippen LogP contribution in [0.4, 0.5) is 0 Å². The molecule has 0 amide bonds. The van der Waals surface area contributed by atoms with Crippen molar-refractivity contribution >= 4 is 10.8 Å². The zero-order chi connectivity index (χ0) is 29.1. The molecule has 0 spiro atoms. The van der Waals surface area contributed by atoms with E-state index in [4.69, 9.17) is 23.7 Å². The molecule has 0 bridgehead atoms. The highest BCUT2D eigenvalue weighted by Gasteiger charge is 2.49. The van der Waals surface area contributed by atoms with E-state index in [0.717, 1.165) is 22.4 Å². The minimum atomic E-state index is -1.62. The molecule has 5 rings (SSSR count). The van der Waals surface area contributed by atoms with E-state index in [1.54, 1.807) is 19.2 Å². The summed E-state index contributed by atoms with van der Waals surface area (Å²) in [6, 6.07) is 36.2. The molecule has 8 heteroatoms. The lowest BCUT2D eigenvalue weighted by molar-refractivity contribution is -0.241. The van der Waals surface area contributed by atoms with Crippen molar-refractivity contribution in [1.29, 1.82) is 0 Å². The topological polar surface area (TPSA) is 83.5 Å². The molecule has 1 N–H and O–H groups in total. The van der Waals surface area contributed by atoms with Crippen LogP contribution in [0.3, 0.4) is 0 Å². The van der Waals surface area contributed by atoms with Crippen molar-refractivity contribution < 1.29 is 33.0 Å². The Balaban J connectivity index is 1.38. The van der Waals surface area contributed by atoms with Crippen molar-refractivity contribution in [2.24, 2.45) is 0 Å². The van der Waals surface area contributed by atoms with Gasteiger partial charge in [-0.05, 0) is 41.0 Å². The highest BCUT2D eigenvalue weighted by atomic mass is 32.2. The first-order valence-electron chi connectivity index (χ1n) is 13.9. The molecule has 220 valence electrons. The largest absolute Gasteiger partial charge is 0.497 e. The first-order chi connectivity index (χ1) is 20.6. The van der Waals surface area contributed by atoms with Gasteiger partial charge in [0.25, 0.3) is 0 Å². The van der Waals surface area contributed by atoms with Crippen LogP contribution < -0.4 is 4.74 Å². The molecule has 42 heavy (non-hydrogen) atoms. The summed E-state index contributed by atoms with van der Waals surface area (Å²) in [5, 5.41) is 11.6. The van der Waals surface area contributed by atoms with Gasteiger partial charge in [0.05, 0.1) is 44.3 Å². The van der Waals surface area contributed by atoms with Crippen molar-refractivity contribution in [3.63, 3.8) is 0 Å². The predicted molar refractivity (Wildman–Crippen MR) is 160 cm³/mol. The molecular formula is C34H36O7S. The first kappa shape index (κ1) is 30.1. The van der Waals surface area contributed by atoms with Crippen molar-refractivity contribution in [3.05, 3.63) is 132 Å². The van der Waals surface area contributed by atoms with Crippen LogP contribution in [-0.4, -0.2) is 52.9 Å². The lowest BCUT2D eigenvalue weighted by Crippen LogP contribution is -2.61. The van der Waals surface area contributed by atoms with E-state index in [9.17, 15) is 9.32 Å². The predicted octanol–water partition coefficient (Wildman–Crippen LogP) is 5.28. The van der Waals surface area contributed by atoms with E-state index in [1.165, 1.54) is 0 Å². The summed E-state index contributed by atoms with van der Waals surface area (Å²) in [4.78, 5) is 0.604. The van der Waals surface area contributed by atoms with Gasteiger partial charge in [-0.25, -0.2) is 0 Å². The number of hydrogen-bond donors (Lipinski definition) is 1. The number of hydrogen-bond acceptors (Lipinski definition) is 7. The molecule has 4 aromatic rings. The quantitative estimate of drug-likeness (QED) is 0.228. The van der Waals surface area contributed by atoms with Gasteiger partial charge in [-0.3, -0.25) is 4.21 Å². The van der Waals surface area contributed by atoms with Gasteiger partial charge in [0.1, 0.15) is 30.2 Å². The zero-order valence-electron chi connectivity index (χ0n) is 23.5. The maximum Gasteiger partial charge on any atom is 0.166 e. The van der Waals surface area contributed by atoms with Gasteiger partial charge in [0, 0.05) is 4.90 Å². The smallest absolute Gasteiger partial charge is 0.166 e. The van der Waals surface area contributed by atoms with Crippen molar-refractivity contribution in [2.45, 2.75) is 54.6 Å². The third kappa shape index (κ3) is 7.92. The number of methoxy groups -OCH3 is 1. The number of benzene rings is 4. The Bertz CT molecular complexity index is 1370. The molecule has 0 aliphatic carbocycles. The second kappa shape index (κ2) is 15.2. The molecule has 1 fully saturated rings. The first-order valence-corrected chi connectivity index (χ1v) is 15.1. The van der Waals surface area contributed by atoms with Gasteiger partial charge in [-0.2, -0.15) is 0 Å². The second-order valence-electron chi connectivity index (χ2n) is 10.0. The van der Waals surface area contributed by atoms with Crippen LogP contribution in [0.1, 0.15) is 16.7 Å². The highest BCUT2D eigenvalue weighted by Crippen LogP contribution is 2.32. The highest BCUT2D eigenvalue weighted by molar-refractivity contribution is 7.85. The number of rotatable bonds is 13. The third-order valence-corrected chi connectivity index (χ3v) is 8.62. The molecule has 2 unspecified atom stereocenters. The summed E-state index contributed by atoms with van der Waals surface area (Å²) < 4.78 is 44.3. The molecule has 1 aliphatic heterocycles. The van der Waals surface area contributed by atoms with Crippen LogP contribution in [0.5, 0.6) is 5.75 Å². The number of aliphatic hydroxyl groups excluding tert-OH is 1. The Morgan fingerprint density at radius 2 is 1.21 bits per heavy atom. The van der Waals surface area contributed by atoms with Crippen LogP contribution in [0, 0.1) is 0 Å². The average molecular weight is 589 g/mol. The molecule has 0 saturated carbocycles. The van der Waals surface area contributed by atoms with Gasteiger partial charge in [0.2, 0.25) is 0 Å². The van der Waals surface area contributed by atoms with E-state index in [0.29, 0.717) is 11.5 Å². The Morgan fingerprint density at radius 3 is 1.79 bits per heavy atom. The van der Waals surface area contributed by atoms with Crippen LogP contribution in [-0.2, 0) is 49.6 Å². The van der Waals surface area contributed by atoms with Crippen LogP contribution in [0.2, 0.25) is 0 Å². The summed E-state index contributed by atoms with van der Waals surface area (Å²) >= 11 is 0. The molecule has 1 heterocycles. The Labute approximate surface area is 249 Å². The van der Waals surface area contributed by atoms with Gasteiger partial charge in [-0.15, -0.1) is 0 Å². The second-order valence-corrected chi connectivity index (χ2v) is 11.6. The molecule has 4 aromatic carbocycles. The van der Waals surface area contributed by atoms with Crippen LogP contribution in [0.25, 0.3) is 0 Å². The maximum atomic E-state index is 14.0. The van der Waals surface area contributed by atoms with E-state index < -0.39 is 40.7 Å². The van der Waals surface area contributed by atoms with E-state index in [2.05, 4.69) is 0 Å². The van der Waals surface area contributed by atoms with Crippen molar-refractivity contribution in [1.82, 2.24) is 0 Å². The van der Waals surface area contributed by atoms with Crippen LogP contribution >= 0.6 is 0 Å². The third-order valence-electron chi connectivity index (χ3n) is 7.09. The molecular weight excluding hydrogens is 552 g/mol. The average Bonchev–Trinajstić information content (AvgIpc) is 3.05. The standard InChI is InChI=1S/C34H36O7S/c1-37-28-19-17-27(18-20-28)21-38-24-30-31(35)32(39-22-25-11-5-2-6-12-25)33(40-23-26-13-7-3-8-14-26)34(41-30)42(36)29-15-9-4-10-16-29/h2-20,30-35H,21-24H2,1H3/t30-,31-,32+,33-,34?,42?/m1/s1. The lowest BCUT2D eigenvalue weighted by Gasteiger charge is -2.44. The zero-order valence-corrected chi connectivity index (χ0v) is 24.3. The van der Waals surface area contributed by atoms with Crippen molar-refractivity contribution in [3.8, 4) is 5.75 Å². The molecule has 6 atom stereocenters. The number of ether oxygens (including phenoxy) is 5. The molecule has 1 aliphatic rings. The fourth-order valence-corrected chi connectivity index (χ4v) is 6.22. The Morgan fingerprint density at radius 1 is 0.690 bits per heavy atom. The van der Waals surface area contributed by atoms with Gasteiger partial charge < -0.3 is 28.8 Å². The Kier molecular flexibility index (Phi) is 10.9. The van der Waals surface area contributed by atoms with Gasteiger partial charge >= 0.3 is 0 Å². The van der Waals surface area contributed by atoms with Gasteiger partial charge in [0.15, 0.2) is 5.44 Å². The summed E-state index contributed by atoms with van der Waals surface area (Å²) in [6.07, 6.45) is -3.52. The van der Waals surface area contributed by atoms with E-state index in [-0.39, 0.29) is 19.8 Å². The fraction of sp³-hybridized carbons (Fsp3) is 0.294. The fourth-order valence-electron chi connectivity index (χ4n) is 4.80. The van der Waals surface area contributed by atoms with Crippen molar-refractivity contribution in [2.75, 3.05) is 13.7 Å². The minimum Gasteiger partial charge on any atom is -0.497 e. The normalized spacial score (nSPS) is 22.9. The number of aliphatic hydroxyl groups is 1. The molecule has 0 aromatic heterocycles. The van der Waals surface area contributed by atoms with Gasteiger partial charge in [-0.1, -0.05) is 91.0 Å². The lowest BCUT2D eigenvalue weighted by atomic mass is 9.99. The minimum absolute atomic E-state index is 0.0757. The summed E-state index contributed by atoms with van der Waals surface area (Å²) in [6.45, 7) is 0.880. The van der Waals surface area contributed by atoms with E-state index >= 15 is 0 Å². The SMILES string of the molecule is COc1ccc(COC[C@H]2OC(S(=O)c3ccccc3)[C@H](OCc3ccccc3)[C@@H](OCc3ccccc3)[C@@H]2O)cc1. The maximum absolute atomic E-state index is 14.0. The summed E-state index contributed by atoms with van der Waals surface area (Å²) in [5.41, 5.74) is 1.94. The molecule has 7 nitrogen and oxygen atoms in total. The van der Waals surface area contributed by atoms with E-state index in [1.807, 2.05) is 103 Å². The molecule has 1 saturated heterocycles. The monoisotopic (exact) mass is 588 g/mol. The summed E-state index contributed by atoms with van der Waals surface area (Å²) in [5.74, 6) is 0.760. The van der Waals surface area contributed by atoms with Crippen LogP contribution in [0.15, 0.2) is 120 Å². The molecule has 0 radical (unpaired) electrons. The Hall–Kier alpha value is -3.37. The summed E-state index contributed by atoms with van der Waals surface area (Å²) in [7, 11) is 0.00599.